The summed E-state index contributed by atoms with van der Waals surface area (Å²) in [6, 6.07) is 20.8. The molecule has 2 aromatic carbocycles. The molecule has 0 spiro atoms. The van der Waals surface area contributed by atoms with E-state index in [1.54, 1.807) is 0 Å². The van der Waals surface area contributed by atoms with E-state index >= 15 is 0 Å². The molecule has 1 aliphatic rings. The Balaban J connectivity index is 1.91. The van der Waals surface area contributed by atoms with Gasteiger partial charge in [-0.1, -0.05) is 85.0 Å². The zero-order valence-electron chi connectivity index (χ0n) is 13.3. The van der Waals surface area contributed by atoms with Gasteiger partial charge in [0.25, 0.3) is 0 Å². The maximum atomic E-state index is 4.70. The third kappa shape index (κ3) is 2.74. The van der Waals surface area contributed by atoms with E-state index < -0.39 is 0 Å². The fourth-order valence-corrected chi connectivity index (χ4v) is 3.02. The van der Waals surface area contributed by atoms with E-state index in [1.165, 1.54) is 11.1 Å². The van der Waals surface area contributed by atoms with Gasteiger partial charge in [-0.3, -0.25) is 0 Å². The lowest BCUT2D eigenvalue weighted by Crippen LogP contribution is -2.01. The Morgan fingerprint density at radius 1 is 0.708 bits per heavy atom. The molecule has 0 N–H and O–H groups in total. The summed E-state index contributed by atoms with van der Waals surface area (Å²) in [6.45, 7) is 0. The van der Waals surface area contributed by atoms with Crippen LogP contribution in [0.3, 0.4) is 0 Å². The van der Waals surface area contributed by atoms with Crippen molar-refractivity contribution in [2.45, 2.75) is 5.92 Å². The molecule has 0 atom stereocenters. The Morgan fingerprint density at radius 3 is 2.00 bits per heavy atom. The van der Waals surface area contributed by atoms with Gasteiger partial charge in [-0.15, -0.1) is 0 Å². The van der Waals surface area contributed by atoms with E-state index in [2.05, 4.69) is 72.9 Å². The molecule has 3 aromatic rings. The minimum atomic E-state index is 0.215. The lowest BCUT2D eigenvalue weighted by atomic mass is 9.95. The predicted molar refractivity (Wildman–Crippen MR) is 99.2 cm³/mol. The molecule has 0 amide bonds. The highest BCUT2D eigenvalue weighted by Gasteiger charge is 2.18. The molecule has 0 saturated heterocycles. The fourth-order valence-electron chi connectivity index (χ4n) is 3.02. The van der Waals surface area contributed by atoms with Gasteiger partial charge >= 0.3 is 0 Å². The van der Waals surface area contributed by atoms with Gasteiger partial charge in [-0.05, 0) is 12.1 Å². The highest BCUT2D eigenvalue weighted by atomic mass is 15.3. The molecule has 0 saturated carbocycles. The number of nitrogens with zero attached hydrogens (tertiary/aromatic N) is 2. The molecular formula is C22H18N2. The molecule has 1 aromatic heterocycles. The van der Waals surface area contributed by atoms with E-state index in [0.717, 1.165) is 11.4 Å². The quantitative estimate of drug-likeness (QED) is 0.641. The van der Waals surface area contributed by atoms with Crippen molar-refractivity contribution in [2.75, 3.05) is 0 Å². The normalized spacial score (nSPS) is 14.0. The highest BCUT2D eigenvalue weighted by molar-refractivity contribution is 5.67. The standard InChI is InChI=1S/C22H18N2/c1-2-6-12-18(11-5-1)21-17-23-24(20-15-9-4-10-16-20)22(21)19-13-7-3-8-14-19/h1-18H. The highest BCUT2D eigenvalue weighted by Crippen LogP contribution is 2.33. The molecule has 0 aliphatic heterocycles. The summed E-state index contributed by atoms with van der Waals surface area (Å²) in [5, 5.41) is 4.70. The van der Waals surface area contributed by atoms with Crippen LogP contribution in [0.5, 0.6) is 0 Å². The molecule has 116 valence electrons. The van der Waals surface area contributed by atoms with Crippen molar-refractivity contribution in [1.82, 2.24) is 9.78 Å². The number of hydrogen-bond donors (Lipinski definition) is 0. The van der Waals surface area contributed by atoms with Crippen LogP contribution in [0.15, 0.2) is 103 Å². The first-order valence-corrected chi connectivity index (χ1v) is 8.14. The van der Waals surface area contributed by atoms with Crippen LogP contribution < -0.4 is 0 Å². The first kappa shape index (κ1) is 14.5. The van der Waals surface area contributed by atoms with E-state index in [-0.39, 0.29) is 5.92 Å². The number of hydrogen-bond acceptors (Lipinski definition) is 1. The topological polar surface area (TPSA) is 17.8 Å². The minimum absolute atomic E-state index is 0.215. The summed E-state index contributed by atoms with van der Waals surface area (Å²) in [5.74, 6) is 0.215. The summed E-state index contributed by atoms with van der Waals surface area (Å²) in [5.41, 5.74) is 4.60. The van der Waals surface area contributed by atoms with Crippen LogP contribution in [0, 0.1) is 0 Å². The molecule has 0 fully saturated rings. The Hall–Kier alpha value is -3.13. The average molecular weight is 310 g/mol. The summed E-state index contributed by atoms with van der Waals surface area (Å²) in [7, 11) is 0. The Morgan fingerprint density at radius 2 is 1.33 bits per heavy atom. The Kier molecular flexibility index (Phi) is 3.95. The van der Waals surface area contributed by atoms with Crippen LogP contribution in [0.1, 0.15) is 11.5 Å². The van der Waals surface area contributed by atoms with Crippen LogP contribution in [-0.4, -0.2) is 9.78 Å². The van der Waals surface area contributed by atoms with Crippen LogP contribution >= 0.6 is 0 Å². The molecule has 1 aliphatic carbocycles. The molecular weight excluding hydrogens is 292 g/mol. The molecule has 0 radical (unpaired) electrons. The van der Waals surface area contributed by atoms with Crippen molar-refractivity contribution in [2.24, 2.45) is 0 Å². The van der Waals surface area contributed by atoms with E-state index in [9.17, 15) is 0 Å². The van der Waals surface area contributed by atoms with E-state index in [1.807, 2.05) is 35.1 Å². The molecule has 1 heterocycles. The lowest BCUT2D eigenvalue weighted by molar-refractivity contribution is 0.887. The SMILES string of the molecule is C1=CC=CC(c2cnn(-c3ccccc3)c2-c2ccccc2)C=C1. The Labute approximate surface area is 142 Å². The second-order valence-corrected chi connectivity index (χ2v) is 5.74. The maximum Gasteiger partial charge on any atom is 0.0782 e. The van der Waals surface area contributed by atoms with Gasteiger partial charge in [-0.25, -0.2) is 4.68 Å². The van der Waals surface area contributed by atoms with Crippen molar-refractivity contribution in [3.63, 3.8) is 0 Å². The van der Waals surface area contributed by atoms with Gasteiger partial charge < -0.3 is 0 Å². The van der Waals surface area contributed by atoms with E-state index in [0.29, 0.717) is 0 Å². The maximum absolute atomic E-state index is 4.70. The second kappa shape index (κ2) is 6.55. The van der Waals surface area contributed by atoms with Gasteiger partial charge in [0.15, 0.2) is 0 Å². The lowest BCUT2D eigenvalue weighted by Gasteiger charge is -2.13. The zero-order valence-corrected chi connectivity index (χ0v) is 13.3. The molecule has 0 unspecified atom stereocenters. The van der Waals surface area contributed by atoms with E-state index in [4.69, 9.17) is 5.10 Å². The fraction of sp³-hybridized carbons (Fsp3) is 0.0455. The molecule has 2 nitrogen and oxygen atoms in total. The van der Waals surface area contributed by atoms with Crippen LogP contribution in [0.4, 0.5) is 0 Å². The van der Waals surface area contributed by atoms with Crippen molar-refractivity contribution >= 4 is 0 Å². The van der Waals surface area contributed by atoms with Crippen LogP contribution in [-0.2, 0) is 0 Å². The largest absolute Gasteiger partial charge is 0.233 e. The van der Waals surface area contributed by atoms with Gasteiger partial charge in [0.05, 0.1) is 17.6 Å². The number of para-hydroxylation sites is 1. The number of allylic oxidation sites excluding steroid dienone is 6. The molecule has 2 heteroatoms. The van der Waals surface area contributed by atoms with Crippen LogP contribution in [0.2, 0.25) is 0 Å². The third-order valence-electron chi connectivity index (χ3n) is 4.17. The summed E-state index contributed by atoms with van der Waals surface area (Å²) < 4.78 is 2.03. The second-order valence-electron chi connectivity index (χ2n) is 5.74. The zero-order chi connectivity index (χ0) is 16.2. The molecule has 24 heavy (non-hydrogen) atoms. The number of benzene rings is 2. The van der Waals surface area contributed by atoms with Gasteiger partial charge in [0, 0.05) is 17.0 Å². The summed E-state index contributed by atoms with van der Waals surface area (Å²) >= 11 is 0. The smallest absolute Gasteiger partial charge is 0.0782 e. The van der Waals surface area contributed by atoms with Crippen molar-refractivity contribution in [3.8, 4) is 16.9 Å². The minimum Gasteiger partial charge on any atom is -0.233 e. The molecule has 4 rings (SSSR count). The first-order chi connectivity index (χ1) is 11.9. The number of aromatic nitrogens is 2. The number of rotatable bonds is 3. The van der Waals surface area contributed by atoms with Crippen molar-refractivity contribution < 1.29 is 0 Å². The summed E-state index contributed by atoms with van der Waals surface area (Å²) in [4.78, 5) is 0. The summed E-state index contributed by atoms with van der Waals surface area (Å²) in [6.07, 6.45) is 14.7. The predicted octanol–water partition coefficient (Wildman–Crippen LogP) is 5.31. The van der Waals surface area contributed by atoms with Gasteiger partial charge in [0.1, 0.15) is 0 Å². The van der Waals surface area contributed by atoms with Crippen molar-refractivity contribution in [1.29, 1.82) is 0 Å². The first-order valence-electron chi connectivity index (χ1n) is 8.14. The Bertz CT molecular complexity index is 884. The average Bonchev–Trinajstić information content (AvgIpc) is 2.91. The monoisotopic (exact) mass is 310 g/mol. The molecule has 0 bridgehead atoms. The van der Waals surface area contributed by atoms with Gasteiger partial charge in [-0.2, -0.15) is 5.10 Å². The third-order valence-corrected chi connectivity index (χ3v) is 4.17. The van der Waals surface area contributed by atoms with Gasteiger partial charge in [0.2, 0.25) is 0 Å². The van der Waals surface area contributed by atoms with Crippen LogP contribution in [0.25, 0.3) is 16.9 Å². The van der Waals surface area contributed by atoms with Crippen molar-refractivity contribution in [3.05, 3.63) is 109 Å².